The maximum absolute atomic E-state index is 5.82. The minimum atomic E-state index is 0.146. The van der Waals surface area contributed by atoms with Gasteiger partial charge in [0.15, 0.2) is 11.5 Å². The Balaban J connectivity index is 2.85. The van der Waals surface area contributed by atoms with E-state index in [9.17, 15) is 0 Å². The fourth-order valence-electron chi connectivity index (χ4n) is 1.78. The predicted octanol–water partition coefficient (Wildman–Crippen LogP) is 1.95. The van der Waals surface area contributed by atoms with E-state index < -0.39 is 0 Å². The van der Waals surface area contributed by atoms with Crippen LogP contribution in [0.4, 0.5) is 0 Å². The second-order valence-electron chi connectivity index (χ2n) is 4.70. The van der Waals surface area contributed by atoms with Gasteiger partial charge in [-0.1, -0.05) is 19.9 Å². The molecule has 0 aliphatic rings. The molecule has 18 heavy (non-hydrogen) atoms. The number of nitrogens with one attached hydrogen (secondary N) is 1. The minimum Gasteiger partial charge on any atom is -0.493 e. The second-order valence-corrected chi connectivity index (χ2v) is 4.70. The molecule has 0 heterocycles. The van der Waals surface area contributed by atoms with Crippen molar-refractivity contribution in [3.63, 3.8) is 0 Å². The van der Waals surface area contributed by atoms with Gasteiger partial charge in [0, 0.05) is 12.6 Å². The fraction of sp³-hybridized carbons (Fsp3) is 0.571. The highest BCUT2D eigenvalue weighted by Crippen LogP contribution is 2.29. The third-order valence-corrected chi connectivity index (χ3v) is 2.82. The largest absolute Gasteiger partial charge is 0.493 e. The zero-order chi connectivity index (χ0) is 13.5. The first-order valence-electron chi connectivity index (χ1n) is 6.27. The summed E-state index contributed by atoms with van der Waals surface area (Å²) in [7, 11) is 3.27. The molecule has 0 aliphatic heterocycles. The van der Waals surface area contributed by atoms with Gasteiger partial charge in [-0.05, 0) is 30.2 Å². The predicted molar refractivity (Wildman–Crippen MR) is 74.2 cm³/mol. The van der Waals surface area contributed by atoms with Crippen LogP contribution in [0.3, 0.4) is 0 Å². The topological polar surface area (TPSA) is 56.5 Å². The minimum absolute atomic E-state index is 0.146. The lowest BCUT2D eigenvalue weighted by Crippen LogP contribution is -2.30. The van der Waals surface area contributed by atoms with E-state index in [0.29, 0.717) is 12.5 Å². The first-order valence-corrected chi connectivity index (χ1v) is 6.27. The summed E-state index contributed by atoms with van der Waals surface area (Å²) in [5, 5.41) is 3.45. The van der Waals surface area contributed by atoms with Crippen molar-refractivity contribution in [1.29, 1.82) is 0 Å². The normalized spacial score (nSPS) is 12.6. The Hall–Kier alpha value is -1.26. The Morgan fingerprint density at radius 1 is 1.17 bits per heavy atom. The number of rotatable bonds is 7. The number of methoxy groups -OCH3 is 2. The van der Waals surface area contributed by atoms with Crippen LogP contribution in [0.2, 0.25) is 0 Å². The Morgan fingerprint density at radius 3 is 2.33 bits per heavy atom. The maximum Gasteiger partial charge on any atom is 0.161 e. The highest BCUT2D eigenvalue weighted by atomic mass is 16.5. The molecule has 4 nitrogen and oxygen atoms in total. The summed E-state index contributed by atoms with van der Waals surface area (Å²) >= 11 is 0. The van der Waals surface area contributed by atoms with Gasteiger partial charge in [-0.2, -0.15) is 0 Å². The van der Waals surface area contributed by atoms with Gasteiger partial charge in [-0.3, -0.25) is 0 Å². The SMILES string of the molecule is COc1ccc(C(CN)NCC(C)C)cc1OC. The van der Waals surface area contributed by atoms with Crippen molar-refractivity contribution in [2.45, 2.75) is 19.9 Å². The van der Waals surface area contributed by atoms with Crippen molar-refractivity contribution < 1.29 is 9.47 Å². The lowest BCUT2D eigenvalue weighted by Gasteiger charge is -2.20. The Morgan fingerprint density at radius 2 is 1.83 bits per heavy atom. The van der Waals surface area contributed by atoms with Crippen LogP contribution in [0.25, 0.3) is 0 Å². The van der Waals surface area contributed by atoms with Crippen molar-refractivity contribution in [1.82, 2.24) is 5.32 Å². The molecule has 0 aromatic heterocycles. The number of ether oxygens (including phenoxy) is 2. The molecule has 0 saturated carbocycles. The Kier molecular flexibility index (Phi) is 5.95. The number of nitrogens with two attached hydrogens (primary N) is 1. The van der Waals surface area contributed by atoms with Crippen LogP contribution in [-0.2, 0) is 0 Å². The van der Waals surface area contributed by atoms with Crippen LogP contribution >= 0.6 is 0 Å². The van der Waals surface area contributed by atoms with E-state index in [4.69, 9.17) is 15.2 Å². The van der Waals surface area contributed by atoms with Gasteiger partial charge in [0.25, 0.3) is 0 Å². The molecule has 1 aromatic rings. The highest BCUT2D eigenvalue weighted by Gasteiger charge is 2.12. The third-order valence-electron chi connectivity index (χ3n) is 2.82. The van der Waals surface area contributed by atoms with Crippen LogP contribution in [0, 0.1) is 5.92 Å². The monoisotopic (exact) mass is 252 g/mol. The van der Waals surface area contributed by atoms with E-state index in [-0.39, 0.29) is 6.04 Å². The van der Waals surface area contributed by atoms with Gasteiger partial charge in [-0.15, -0.1) is 0 Å². The van der Waals surface area contributed by atoms with Crippen LogP contribution in [-0.4, -0.2) is 27.3 Å². The molecule has 0 spiro atoms. The molecule has 0 fully saturated rings. The van der Waals surface area contributed by atoms with Crippen LogP contribution in [0.5, 0.6) is 11.5 Å². The molecule has 0 amide bonds. The maximum atomic E-state index is 5.82. The number of hydrogen-bond donors (Lipinski definition) is 2. The zero-order valence-corrected chi connectivity index (χ0v) is 11.7. The van der Waals surface area contributed by atoms with E-state index in [1.807, 2.05) is 18.2 Å². The van der Waals surface area contributed by atoms with Gasteiger partial charge >= 0.3 is 0 Å². The smallest absolute Gasteiger partial charge is 0.161 e. The summed E-state index contributed by atoms with van der Waals surface area (Å²) in [5.74, 6) is 2.07. The van der Waals surface area contributed by atoms with Crippen molar-refractivity contribution in [2.24, 2.45) is 11.7 Å². The summed E-state index contributed by atoms with van der Waals surface area (Å²) in [4.78, 5) is 0. The molecule has 0 radical (unpaired) electrons. The van der Waals surface area contributed by atoms with Crippen LogP contribution in [0.15, 0.2) is 18.2 Å². The standard InChI is InChI=1S/C14H24N2O2/c1-10(2)9-16-12(8-15)11-5-6-13(17-3)14(7-11)18-4/h5-7,10,12,16H,8-9,15H2,1-4H3. The van der Waals surface area contributed by atoms with E-state index in [2.05, 4.69) is 19.2 Å². The molecular formula is C14H24N2O2. The van der Waals surface area contributed by atoms with Crippen molar-refractivity contribution in [3.8, 4) is 11.5 Å². The van der Waals surface area contributed by atoms with Gasteiger partial charge in [0.1, 0.15) is 0 Å². The summed E-state index contributed by atoms with van der Waals surface area (Å²) in [6, 6.07) is 6.05. The van der Waals surface area contributed by atoms with Crippen molar-refractivity contribution >= 4 is 0 Å². The fourth-order valence-corrected chi connectivity index (χ4v) is 1.78. The van der Waals surface area contributed by atoms with Crippen LogP contribution in [0.1, 0.15) is 25.5 Å². The molecule has 1 unspecified atom stereocenters. The molecule has 1 atom stereocenters. The highest BCUT2D eigenvalue weighted by molar-refractivity contribution is 5.43. The summed E-state index contributed by atoms with van der Waals surface area (Å²) in [6.07, 6.45) is 0. The molecule has 0 saturated heterocycles. The molecule has 1 aromatic carbocycles. The molecule has 102 valence electrons. The summed E-state index contributed by atoms with van der Waals surface area (Å²) in [6.45, 7) is 5.85. The van der Waals surface area contributed by atoms with Crippen molar-refractivity contribution in [2.75, 3.05) is 27.3 Å². The molecule has 0 bridgehead atoms. The number of benzene rings is 1. The summed E-state index contributed by atoms with van der Waals surface area (Å²) < 4.78 is 10.5. The van der Waals surface area contributed by atoms with Gasteiger partial charge in [0.05, 0.1) is 14.2 Å². The molecule has 0 aliphatic carbocycles. The lowest BCUT2D eigenvalue weighted by atomic mass is 10.1. The molecule has 3 N–H and O–H groups in total. The van der Waals surface area contributed by atoms with Crippen molar-refractivity contribution in [3.05, 3.63) is 23.8 Å². The van der Waals surface area contributed by atoms with E-state index >= 15 is 0 Å². The van der Waals surface area contributed by atoms with E-state index in [1.165, 1.54) is 0 Å². The first-order chi connectivity index (χ1) is 8.62. The quantitative estimate of drug-likeness (QED) is 0.779. The van der Waals surface area contributed by atoms with Crippen LogP contribution < -0.4 is 20.5 Å². The first kappa shape index (κ1) is 14.8. The molecule has 4 heteroatoms. The van der Waals surface area contributed by atoms with Gasteiger partial charge in [0.2, 0.25) is 0 Å². The second kappa shape index (κ2) is 7.24. The van der Waals surface area contributed by atoms with Gasteiger partial charge in [-0.25, -0.2) is 0 Å². The average Bonchev–Trinajstić information content (AvgIpc) is 2.38. The zero-order valence-electron chi connectivity index (χ0n) is 11.7. The third kappa shape index (κ3) is 3.89. The lowest BCUT2D eigenvalue weighted by molar-refractivity contribution is 0.353. The van der Waals surface area contributed by atoms with Gasteiger partial charge < -0.3 is 20.5 Å². The Labute approximate surface area is 109 Å². The average molecular weight is 252 g/mol. The molecule has 1 rings (SSSR count). The Bertz CT molecular complexity index is 367. The van der Waals surface area contributed by atoms with E-state index in [0.717, 1.165) is 23.6 Å². The van der Waals surface area contributed by atoms with E-state index in [1.54, 1.807) is 14.2 Å². The summed E-state index contributed by atoms with van der Waals surface area (Å²) in [5.41, 5.74) is 6.94. The number of hydrogen-bond acceptors (Lipinski definition) is 4. The molecular weight excluding hydrogens is 228 g/mol.